The Morgan fingerprint density at radius 1 is 1.31 bits per heavy atom. The Morgan fingerprint density at radius 2 is 2.03 bits per heavy atom. The van der Waals surface area contributed by atoms with E-state index in [0.717, 1.165) is 20.5 Å². The minimum absolute atomic E-state index is 0.0451. The molecular formula is C20H19F3N4O4S. The predicted molar refractivity (Wildman–Crippen MR) is 110 cm³/mol. The van der Waals surface area contributed by atoms with Crippen molar-refractivity contribution in [3.63, 3.8) is 0 Å². The molecule has 3 saturated heterocycles. The first-order valence-corrected chi connectivity index (χ1v) is 10.7. The molecular weight excluding hydrogens is 449 g/mol. The van der Waals surface area contributed by atoms with Gasteiger partial charge in [-0.2, -0.15) is 18.2 Å². The zero-order valence-electron chi connectivity index (χ0n) is 17.1. The zero-order valence-corrected chi connectivity index (χ0v) is 17.9. The number of hydrogen-bond donors (Lipinski definition) is 1. The number of thiazole rings is 1. The van der Waals surface area contributed by atoms with Crippen molar-refractivity contribution in [2.24, 2.45) is 0 Å². The molecule has 2 aromatic heterocycles. The highest BCUT2D eigenvalue weighted by Crippen LogP contribution is 2.46. The van der Waals surface area contributed by atoms with Gasteiger partial charge >= 0.3 is 12.3 Å². The molecule has 0 aliphatic carbocycles. The monoisotopic (exact) mass is 468 g/mol. The number of ether oxygens (including phenoxy) is 1. The van der Waals surface area contributed by atoms with Crippen molar-refractivity contribution in [2.45, 2.75) is 37.2 Å². The van der Waals surface area contributed by atoms with E-state index in [2.05, 4.69) is 9.97 Å². The molecule has 3 atom stereocenters. The molecule has 3 aliphatic heterocycles. The fraction of sp³-hybridized carbons (Fsp3) is 0.450. The van der Waals surface area contributed by atoms with E-state index >= 15 is 0 Å². The molecule has 0 spiro atoms. The summed E-state index contributed by atoms with van der Waals surface area (Å²) in [5.74, 6) is 0. The van der Waals surface area contributed by atoms with Crippen molar-refractivity contribution >= 4 is 34.5 Å². The van der Waals surface area contributed by atoms with Crippen molar-refractivity contribution in [1.82, 2.24) is 14.9 Å². The molecule has 170 valence electrons. The number of alkyl halides is 3. The third kappa shape index (κ3) is 2.96. The third-order valence-electron chi connectivity index (χ3n) is 6.34. The summed E-state index contributed by atoms with van der Waals surface area (Å²) in [6, 6.07) is 2.65. The number of oxazole rings is 1. The summed E-state index contributed by atoms with van der Waals surface area (Å²) in [7, 11) is 1.01. The van der Waals surface area contributed by atoms with Crippen molar-refractivity contribution in [3.8, 4) is 10.6 Å². The molecule has 3 aliphatic rings. The first-order valence-electron chi connectivity index (χ1n) is 9.86. The van der Waals surface area contributed by atoms with Crippen LogP contribution in [0.5, 0.6) is 0 Å². The summed E-state index contributed by atoms with van der Waals surface area (Å²) >= 11 is 1.33. The summed E-state index contributed by atoms with van der Waals surface area (Å²) in [4.78, 5) is 23.3. The standard InChI is InChI=1S/C20H19F3N4O4S/c1-19(30-2,20(21,22)23)13-4-3-12(16-24-5-6-32-16)15-14(13)25-17(31-15)26-8-10-7-11(9-26)27(10)18(28)29/h3-6,10-11H,7-9H2,1-2H3,(H,28,29). The summed E-state index contributed by atoms with van der Waals surface area (Å²) < 4.78 is 52.8. The van der Waals surface area contributed by atoms with Crippen LogP contribution < -0.4 is 4.90 Å². The molecule has 1 N–H and O–H groups in total. The quantitative estimate of drug-likeness (QED) is 0.610. The largest absolute Gasteiger partial charge is 0.465 e. The Bertz CT molecular complexity index is 1170. The number of anilines is 1. The lowest BCUT2D eigenvalue weighted by molar-refractivity contribution is -0.268. The number of carboxylic acid groups (broad SMARTS) is 1. The van der Waals surface area contributed by atoms with Crippen LogP contribution in [0.2, 0.25) is 0 Å². The van der Waals surface area contributed by atoms with Crippen LogP contribution in [0, 0.1) is 0 Å². The highest BCUT2D eigenvalue weighted by Gasteiger charge is 2.55. The second-order valence-electron chi connectivity index (χ2n) is 8.05. The number of rotatable bonds is 4. The number of amides is 1. The van der Waals surface area contributed by atoms with E-state index in [1.54, 1.807) is 16.5 Å². The van der Waals surface area contributed by atoms with Gasteiger partial charge in [0.25, 0.3) is 6.01 Å². The Hall–Kier alpha value is -2.86. The second-order valence-corrected chi connectivity index (χ2v) is 8.94. The highest BCUT2D eigenvalue weighted by atomic mass is 32.1. The average molecular weight is 468 g/mol. The van der Waals surface area contributed by atoms with Gasteiger partial charge in [0.1, 0.15) is 10.5 Å². The molecule has 3 aromatic rings. The van der Waals surface area contributed by atoms with Gasteiger partial charge in [0.15, 0.2) is 11.2 Å². The van der Waals surface area contributed by atoms with Crippen molar-refractivity contribution in [3.05, 3.63) is 29.3 Å². The average Bonchev–Trinajstić information content (AvgIpc) is 3.41. The maximum atomic E-state index is 14.0. The molecule has 6 rings (SSSR count). The molecule has 1 aromatic carbocycles. The van der Waals surface area contributed by atoms with E-state index in [4.69, 9.17) is 9.15 Å². The lowest BCUT2D eigenvalue weighted by Crippen LogP contribution is -2.70. The number of methoxy groups -OCH3 is 1. The number of halogens is 3. The zero-order chi connectivity index (χ0) is 22.8. The van der Waals surface area contributed by atoms with Crippen LogP contribution in [-0.4, -0.2) is 64.5 Å². The van der Waals surface area contributed by atoms with E-state index in [1.807, 2.05) is 0 Å². The van der Waals surface area contributed by atoms with Crippen LogP contribution in [0.25, 0.3) is 21.7 Å². The van der Waals surface area contributed by atoms with Crippen LogP contribution in [0.4, 0.5) is 24.0 Å². The SMILES string of the molecule is COC(C)(c1ccc(-c2nccs2)c2oc(N3CC4CC(C3)N4C(=O)O)nc12)C(F)(F)F. The summed E-state index contributed by atoms with van der Waals surface area (Å²) in [5, 5.41) is 11.7. The summed E-state index contributed by atoms with van der Waals surface area (Å²) in [6.07, 6.45) is -3.32. The van der Waals surface area contributed by atoms with E-state index in [0.29, 0.717) is 23.7 Å². The van der Waals surface area contributed by atoms with Gasteiger partial charge in [0.05, 0.1) is 17.6 Å². The van der Waals surface area contributed by atoms with Crippen molar-refractivity contribution in [1.29, 1.82) is 0 Å². The summed E-state index contributed by atoms with van der Waals surface area (Å²) in [6.45, 7) is 1.68. The Kier molecular flexibility index (Phi) is 4.64. The number of benzene rings is 1. The van der Waals surface area contributed by atoms with E-state index in [9.17, 15) is 23.1 Å². The molecule has 0 saturated carbocycles. The number of aromatic nitrogens is 2. The first kappa shape index (κ1) is 21.0. The van der Waals surface area contributed by atoms with Gasteiger partial charge in [-0.05, 0) is 19.4 Å². The molecule has 2 bridgehead atoms. The van der Waals surface area contributed by atoms with E-state index in [1.165, 1.54) is 28.4 Å². The maximum Gasteiger partial charge on any atom is 0.421 e. The third-order valence-corrected chi connectivity index (χ3v) is 7.15. The Morgan fingerprint density at radius 3 is 2.59 bits per heavy atom. The fourth-order valence-electron chi connectivity index (χ4n) is 4.50. The summed E-state index contributed by atoms with van der Waals surface area (Å²) in [5.41, 5.74) is -1.98. The van der Waals surface area contributed by atoms with Gasteiger partial charge in [0, 0.05) is 37.3 Å². The number of fused-ring (bicyclic) bond motifs is 3. The van der Waals surface area contributed by atoms with Gasteiger partial charge in [-0.1, -0.05) is 6.07 Å². The molecule has 32 heavy (non-hydrogen) atoms. The minimum Gasteiger partial charge on any atom is -0.465 e. The second kappa shape index (κ2) is 7.07. The number of piperazine rings is 1. The van der Waals surface area contributed by atoms with E-state index < -0.39 is 17.9 Å². The molecule has 8 nitrogen and oxygen atoms in total. The van der Waals surface area contributed by atoms with Crippen LogP contribution in [0.3, 0.4) is 0 Å². The van der Waals surface area contributed by atoms with Gasteiger partial charge < -0.3 is 19.2 Å². The smallest absolute Gasteiger partial charge is 0.421 e. The van der Waals surface area contributed by atoms with Crippen LogP contribution >= 0.6 is 11.3 Å². The molecule has 0 radical (unpaired) electrons. The van der Waals surface area contributed by atoms with E-state index in [-0.39, 0.29) is 34.8 Å². The number of piperidine rings is 1. The number of carbonyl (C=O) groups is 1. The van der Waals surface area contributed by atoms with Gasteiger partial charge in [0.2, 0.25) is 0 Å². The lowest BCUT2D eigenvalue weighted by atomic mass is 9.88. The van der Waals surface area contributed by atoms with Gasteiger partial charge in [-0.3, -0.25) is 4.90 Å². The predicted octanol–water partition coefficient (Wildman–Crippen LogP) is 4.32. The fourth-order valence-corrected chi connectivity index (χ4v) is 5.16. The molecule has 12 heteroatoms. The topological polar surface area (TPSA) is 91.9 Å². The van der Waals surface area contributed by atoms with Crippen molar-refractivity contribution < 1.29 is 32.2 Å². The highest BCUT2D eigenvalue weighted by molar-refractivity contribution is 7.13. The number of nitrogens with zero attached hydrogens (tertiary/aromatic N) is 4. The first-order chi connectivity index (χ1) is 15.1. The van der Waals surface area contributed by atoms with Crippen molar-refractivity contribution in [2.75, 3.05) is 25.1 Å². The Balaban J connectivity index is 1.63. The molecule has 1 amide bonds. The Labute approximate surface area is 184 Å². The lowest BCUT2D eigenvalue weighted by Gasteiger charge is -2.54. The molecule has 5 heterocycles. The van der Waals surface area contributed by atoms with Gasteiger partial charge in [-0.15, -0.1) is 11.3 Å². The molecule has 3 unspecified atom stereocenters. The van der Waals surface area contributed by atoms with Crippen LogP contribution in [0.15, 0.2) is 28.1 Å². The maximum absolute atomic E-state index is 14.0. The van der Waals surface area contributed by atoms with Gasteiger partial charge in [-0.25, -0.2) is 9.78 Å². The molecule has 3 fully saturated rings. The van der Waals surface area contributed by atoms with Crippen LogP contribution in [-0.2, 0) is 10.3 Å². The number of hydrogen-bond acceptors (Lipinski definition) is 7. The minimum atomic E-state index is -4.69. The normalized spacial score (nSPS) is 22.7. The van der Waals surface area contributed by atoms with Crippen LogP contribution in [0.1, 0.15) is 18.9 Å².